The van der Waals surface area contributed by atoms with Gasteiger partial charge in [-0.2, -0.15) is 0 Å². The van der Waals surface area contributed by atoms with Gasteiger partial charge in [0.25, 0.3) is 11.7 Å². The summed E-state index contributed by atoms with van der Waals surface area (Å²) >= 11 is 0. The lowest BCUT2D eigenvalue weighted by atomic mass is 10.1. The minimum absolute atomic E-state index is 0.969. The summed E-state index contributed by atoms with van der Waals surface area (Å²) in [5, 5.41) is 5.98. The normalized spacial score (nSPS) is 12.7. The number of rotatable bonds is 12. The van der Waals surface area contributed by atoms with Crippen molar-refractivity contribution in [3.8, 4) is 0 Å². The predicted molar refractivity (Wildman–Crippen MR) is 227 cm³/mol. The van der Waals surface area contributed by atoms with E-state index in [9.17, 15) is 0 Å². The van der Waals surface area contributed by atoms with E-state index in [-0.39, 0.29) is 0 Å². The van der Waals surface area contributed by atoms with E-state index >= 15 is 0 Å². The van der Waals surface area contributed by atoms with Crippen LogP contribution in [0.15, 0.2) is 109 Å². The molecule has 0 bridgehead atoms. The topological polar surface area (TPSA) is 33.7 Å². The molecule has 264 valence electrons. The number of amidine groups is 1. The molecule has 0 fully saturated rings. The summed E-state index contributed by atoms with van der Waals surface area (Å²) < 4.78 is 11.7. The Hall–Kier alpha value is -4.92. The van der Waals surface area contributed by atoms with Crippen molar-refractivity contribution in [1.82, 2.24) is 19.0 Å². The maximum atomic E-state index is 3.38. The maximum absolute atomic E-state index is 3.38. The summed E-state index contributed by atoms with van der Waals surface area (Å²) in [5.74, 6) is 4.30. The van der Waals surface area contributed by atoms with Gasteiger partial charge in [0.15, 0.2) is 11.0 Å². The minimum Gasteiger partial charge on any atom is -0.343 e. The third kappa shape index (κ3) is 6.85. The van der Waals surface area contributed by atoms with Gasteiger partial charge in [-0.1, -0.05) is 88.3 Å². The van der Waals surface area contributed by atoms with Crippen LogP contribution in [0.3, 0.4) is 0 Å². The predicted octanol–water partition coefficient (Wildman–Crippen LogP) is 9.39. The molecule has 0 radical (unpaired) electrons. The van der Waals surface area contributed by atoms with Gasteiger partial charge in [-0.25, -0.2) is 13.7 Å². The number of imidazole rings is 1. The van der Waals surface area contributed by atoms with Crippen molar-refractivity contribution in [2.24, 2.45) is 14.1 Å². The smallest absolute Gasteiger partial charge is 0.281 e. The molecule has 1 N–H and O–H groups in total. The molecule has 0 aliphatic carbocycles. The molecule has 8 heteroatoms. The van der Waals surface area contributed by atoms with Crippen molar-refractivity contribution >= 4 is 84.2 Å². The highest BCUT2D eigenvalue weighted by atomic mass is 33.1. The van der Waals surface area contributed by atoms with E-state index in [2.05, 4.69) is 191 Å². The molecule has 7 aromatic rings. The van der Waals surface area contributed by atoms with Crippen LogP contribution in [-0.4, -0.2) is 49.7 Å². The standard InChI is InChI=1S/C44H47N6S2/c1-32-35(24-26-43(45-3)46(4)34-16-8-7-9-17-34)37-18-10-12-20-39(37)49(32)28-30-51-52-31-29-50-33(2)36(38-19-11-13-21-40(38)50)25-27-44-47(5)41-22-14-15-23-42(41)48(44)6/h7-27H,28-31H2,1-6H3/q+1/p+1/b26-24+. The second-order valence-corrected chi connectivity index (χ2v) is 15.8. The first-order valence-corrected chi connectivity index (χ1v) is 20.4. The number of nitrogens with zero attached hydrogens (tertiary/aromatic N) is 5. The van der Waals surface area contributed by atoms with Crippen LogP contribution in [0, 0.1) is 13.8 Å². The van der Waals surface area contributed by atoms with E-state index in [0.717, 1.165) is 36.1 Å². The molecule has 0 atom stereocenters. The van der Waals surface area contributed by atoms with E-state index < -0.39 is 0 Å². The molecule has 0 aliphatic rings. The zero-order valence-electron chi connectivity index (χ0n) is 31.0. The van der Waals surface area contributed by atoms with Crippen LogP contribution in [0.1, 0.15) is 28.3 Å². The molecule has 4 aromatic carbocycles. The minimum atomic E-state index is 0.969. The van der Waals surface area contributed by atoms with Crippen molar-refractivity contribution < 1.29 is 9.14 Å². The first-order valence-electron chi connectivity index (χ1n) is 17.9. The molecule has 3 heterocycles. The van der Waals surface area contributed by atoms with E-state index in [1.165, 1.54) is 61.2 Å². The highest BCUT2D eigenvalue weighted by Crippen LogP contribution is 2.31. The summed E-state index contributed by atoms with van der Waals surface area (Å²) in [4.78, 5) is 0. The third-order valence-corrected chi connectivity index (χ3v) is 12.7. The van der Waals surface area contributed by atoms with Crippen molar-refractivity contribution in [2.45, 2.75) is 26.9 Å². The molecule has 6 nitrogen and oxygen atoms in total. The van der Waals surface area contributed by atoms with Crippen LogP contribution >= 0.6 is 21.6 Å². The van der Waals surface area contributed by atoms with Crippen LogP contribution in [0.25, 0.3) is 51.1 Å². The molecule has 0 amide bonds. The van der Waals surface area contributed by atoms with E-state index in [1.54, 1.807) is 0 Å². The Kier molecular flexibility index (Phi) is 10.8. The number of fused-ring (bicyclic) bond motifs is 3. The number of aryl methyl sites for hydroxylation is 4. The summed E-state index contributed by atoms with van der Waals surface area (Å²) in [6, 6.07) is 36.6. The quantitative estimate of drug-likeness (QED) is 0.0449. The molecule has 7 rings (SSSR count). The number of aromatic nitrogens is 4. The van der Waals surface area contributed by atoms with Gasteiger partial charge in [0.1, 0.15) is 5.69 Å². The molecular formula is C44H48N6S2+2. The number of nitrogens with one attached hydrogen (secondary N) is 1. The van der Waals surface area contributed by atoms with Crippen molar-refractivity contribution in [1.29, 1.82) is 0 Å². The number of para-hydroxylation sites is 5. The molecule has 0 aliphatic heterocycles. The van der Waals surface area contributed by atoms with Crippen LogP contribution in [0.5, 0.6) is 0 Å². The monoisotopic (exact) mass is 724 g/mol. The molecule has 0 spiro atoms. The van der Waals surface area contributed by atoms with Gasteiger partial charge in [-0.15, -0.1) is 0 Å². The zero-order chi connectivity index (χ0) is 36.2. The van der Waals surface area contributed by atoms with E-state index in [4.69, 9.17) is 0 Å². The van der Waals surface area contributed by atoms with Gasteiger partial charge in [0.05, 0.1) is 28.2 Å². The first-order chi connectivity index (χ1) is 25.4. The molecular weight excluding hydrogens is 677 g/mol. The number of hydrogen-bond acceptors (Lipinski definition) is 2. The summed E-state index contributed by atoms with van der Waals surface area (Å²) in [5.41, 5.74) is 11.4. The number of hydrogen-bond donors (Lipinski definition) is 1. The van der Waals surface area contributed by atoms with Crippen LogP contribution in [-0.2, 0) is 27.2 Å². The molecule has 0 unspecified atom stereocenters. The van der Waals surface area contributed by atoms with Gasteiger partial charge in [0, 0.05) is 81.1 Å². The second kappa shape index (κ2) is 15.8. The third-order valence-electron chi connectivity index (χ3n) is 10.3. The van der Waals surface area contributed by atoms with E-state index in [0.29, 0.717) is 0 Å². The Morgan fingerprint density at radius 2 is 1.21 bits per heavy atom. The summed E-state index contributed by atoms with van der Waals surface area (Å²) in [7, 11) is 12.3. The van der Waals surface area contributed by atoms with Gasteiger partial charge < -0.3 is 9.13 Å². The molecule has 3 aromatic heterocycles. The molecule has 0 saturated carbocycles. The Balaban J connectivity index is 1.02. The highest BCUT2D eigenvalue weighted by Gasteiger charge is 2.19. The Labute approximate surface area is 315 Å². The fourth-order valence-electron chi connectivity index (χ4n) is 7.49. The van der Waals surface area contributed by atoms with Crippen molar-refractivity contribution in [3.63, 3.8) is 0 Å². The van der Waals surface area contributed by atoms with Crippen LogP contribution in [0.2, 0.25) is 0 Å². The highest BCUT2D eigenvalue weighted by molar-refractivity contribution is 8.76. The maximum Gasteiger partial charge on any atom is 0.281 e. The van der Waals surface area contributed by atoms with Crippen LogP contribution < -0.4 is 9.88 Å². The number of benzene rings is 4. The lowest BCUT2D eigenvalue weighted by Gasteiger charge is -2.10. The fourth-order valence-corrected chi connectivity index (χ4v) is 9.39. The Morgan fingerprint density at radius 3 is 1.79 bits per heavy atom. The average Bonchev–Trinajstić information content (AvgIpc) is 3.71. The number of likely N-dealkylation sites (N-methyl/N-ethyl adjacent to an activating group) is 1. The molecule has 0 saturated heterocycles. The Morgan fingerprint density at radius 1 is 0.692 bits per heavy atom. The van der Waals surface area contributed by atoms with E-state index in [1.807, 2.05) is 28.6 Å². The van der Waals surface area contributed by atoms with Gasteiger partial charge in [-0.05, 0) is 62.4 Å². The lowest BCUT2D eigenvalue weighted by Crippen LogP contribution is -2.30. The first kappa shape index (κ1) is 35.5. The average molecular weight is 725 g/mol. The summed E-state index contributed by atoms with van der Waals surface area (Å²) in [6.07, 6.45) is 9.01. The lowest BCUT2D eigenvalue weighted by molar-refractivity contribution is -0.647. The Bertz CT molecular complexity index is 2420. The molecule has 52 heavy (non-hydrogen) atoms. The second-order valence-electron chi connectivity index (χ2n) is 13.1. The largest absolute Gasteiger partial charge is 0.343 e. The SMILES string of the molecule is CNC(/C=C/c1c(C)n(CCSSCCn2c(C)c(/C=C/c3n(C)c4ccccc4[n+]3C)c3ccccc32)c2ccccc12)=[N+](C)c1ccccc1. The van der Waals surface area contributed by atoms with Crippen molar-refractivity contribution in [3.05, 3.63) is 138 Å². The van der Waals surface area contributed by atoms with Crippen LogP contribution in [0.4, 0.5) is 5.69 Å². The zero-order valence-corrected chi connectivity index (χ0v) is 32.6. The van der Waals surface area contributed by atoms with Crippen molar-refractivity contribution in [2.75, 3.05) is 25.6 Å². The van der Waals surface area contributed by atoms with Gasteiger partial charge >= 0.3 is 0 Å². The fraction of sp³-hybridized carbons (Fsp3) is 0.227. The summed E-state index contributed by atoms with van der Waals surface area (Å²) in [6.45, 7) is 6.46. The van der Waals surface area contributed by atoms with Gasteiger partial charge in [0.2, 0.25) is 0 Å². The van der Waals surface area contributed by atoms with Gasteiger partial charge in [-0.3, -0.25) is 5.32 Å².